The second-order valence-corrected chi connectivity index (χ2v) is 7.57. The molecule has 0 fully saturated rings. The van der Waals surface area contributed by atoms with Crippen molar-refractivity contribution in [2.24, 2.45) is 0 Å². The van der Waals surface area contributed by atoms with Gasteiger partial charge in [-0.2, -0.15) is 0 Å². The summed E-state index contributed by atoms with van der Waals surface area (Å²) in [6.07, 6.45) is 13.6. The molecule has 3 aromatic carbocycles. The summed E-state index contributed by atoms with van der Waals surface area (Å²) in [5.41, 5.74) is 5.10. The molecule has 0 aliphatic carbocycles. The van der Waals surface area contributed by atoms with Crippen molar-refractivity contribution in [3.8, 4) is 0 Å². The fraction of sp³-hybridized carbons (Fsp3) is 0.286. The van der Waals surface area contributed by atoms with Gasteiger partial charge < -0.3 is 4.90 Å². The van der Waals surface area contributed by atoms with E-state index in [4.69, 9.17) is 0 Å². The van der Waals surface area contributed by atoms with Gasteiger partial charge in [-0.05, 0) is 54.3 Å². The highest BCUT2D eigenvalue weighted by Crippen LogP contribution is 2.26. The van der Waals surface area contributed by atoms with Crippen LogP contribution in [0.25, 0.3) is 6.08 Å². The molecule has 1 heteroatoms. The van der Waals surface area contributed by atoms with Gasteiger partial charge in [0.2, 0.25) is 0 Å². The zero-order valence-corrected chi connectivity index (χ0v) is 17.6. The van der Waals surface area contributed by atoms with Gasteiger partial charge in [-0.15, -0.1) is 0 Å². The third-order valence-corrected chi connectivity index (χ3v) is 5.33. The molecule has 0 atom stereocenters. The number of anilines is 2. The first kappa shape index (κ1) is 20.9. The monoisotopic (exact) mass is 383 g/mol. The van der Waals surface area contributed by atoms with Crippen molar-refractivity contribution in [2.75, 3.05) is 4.90 Å². The van der Waals surface area contributed by atoms with E-state index in [9.17, 15) is 0 Å². The zero-order chi connectivity index (χ0) is 20.2. The average molecular weight is 384 g/mol. The Labute approximate surface area is 176 Å². The smallest absolute Gasteiger partial charge is 0.0455 e. The van der Waals surface area contributed by atoms with Crippen LogP contribution in [0.15, 0.2) is 91.1 Å². The molecule has 0 radical (unpaired) electrons. The van der Waals surface area contributed by atoms with Gasteiger partial charge in [-0.3, -0.25) is 0 Å². The van der Waals surface area contributed by atoms with E-state index in [1.807, 2.05) is 0 Å². The largest absolute Gasteiger partial charge is 0.317 e. The minimum Gasteiger partial charge on any atom is -0.317 e. The van der Waals surface area contributed by atoms with Crippen LogP contribution in [0, 0.1) is 0 Å². The summed E-state index contributed by atoms with van der Waals surface area (Å²) in [4.78, 5) is 2.25. The van der Waals surface area contributed by atoms with E-state index in [2.05, 4.69) is 109 Å². The van der Waals surface area contributed by atoms with Gasteiger partial charge in [-0.1, -0.05) is 99.7 Å². The van der Waals surface area contributed by atoms with Gasteiger partial charge in [0.15, 0.2) is 0 Å². The topological polar surface area (TPSA) is 3.24 Å². The number of aryl methyl sites for hydroxylation is 1. The highest BCUT2D eigenvalue weighted by molar-refractivity contribution is 5.69. The van der Waals surface area contributed by atoms with E-state index >= 15 is 0 Å². The van der Waals surface area contributed by atoms with Crippen LogP contribution in [-0.2, 0) is 6.42 Å². The molecule has 3 rings (SSSR count). The first-order valence-electron chi connectivity index (χ1n) is 11.0. The van der Waals surface area contributed by atoms with Crippen LogP contribution in [-0.4, -0.2) is 0 Å². The molecule has 0 aliphatic heterocycles. The Hall–Kier alpha value is -2.80. The molecule has 3 aromatic rings. The quantitative estimate of drug-likeness (QED) is 0.300. The molecule has 0 N–H and O–H groups in total. The molecule has 0 spiro atoms. The highest BCUT2D eigenvalue weighted by atomic mass is 15.1. The summed E-state index contributed by atoms with van der Waals surface area (Å²) >= 11 is 0. The standard InChI is InChI=1S/C28H33N/c1-2-3-4-5-6-9-16-25-17-14-15-18-26(25)23-24-29(27-19-10-7-11-20-27)28-21-12-8-13-22-28/h7-8,10-15,17-24H,2-6,9,16H2,1H3/b24-23-. The Bertz CT molecular complexity index is 812. The molecule has 0 bridgehead atoms. The Morgan fingerprint density at radius 3 is 1.83 bits per heavy atom. The van der Waals surface area contributed by atoms with Gasteiger partial charge in [0.25, 0.3) is 0 Å². The molecule has 0 heterocycles. The maximum absolute atomic E-state index is 2.28. The molecule has 150 valence electrons. The lowest BCUT2D eigenvalue weighted by molar-refractivity contribution is 0.607. The summed E-state index contributed by atoms with van der Waals surface area (Å²) in [6, 6.07) is 29.9. The minimum absolute atomic E-state index is 1.16. The fourth-order valence-electron chi connectivity index (χ4n) is 3.67. The molecule has 0 saturated heterocycles. The van der Waals surface area contributed by atoms with Crippen LogP contribution in [0.1, 0.15) is 56.6 Å². The van der Waals surface area contributed by atoms with E-state index in [1.54, 1.807) is 0 Å². The summed E-state index contributed by atoms with van der Waals surface area (Å²) < 4.78 is 0. The maximum Gasteiger partial charge on any atom is 0.0455 e. The lowest BCUT2D eigenvalue weighted by atomic mass is 10.0. The number of rotatable bonds is 11. The Morgan fingerprint density at radius 2 is 1.17 bits per heavy atom. The molecule has 1 nitrogen and oxygen atoms in total. The number of nitrogens with zero attached hydrogens (tertiary/aromatic N) is 1. The van der Waals surface area contributed by atoms with Gasteiger partial charge >= 0.3 is 0 Å². The van der Waals surface area contributed by atoms with E-state index in [-0.39, 0.29) is 0 Å². The minimum atomic E-state index is 1.16. The predicted molar refractivity (Wildman–Crippen MR) is 128 cm³/mol. The van der Waals surface area contributed by atoms with Gasteiger partial charge in [0, 0.05) is 17.6 Å². The van der Waals surface area contributed by atoms with E-state index in [0.29, 0.717) is 0 Å². The predicted octanol–water partition coefficient (Wildman–Crippen LogP) is 8.40. The highest BCUT2D eigenvalue weighted by Gasteiger charge is 2.06. The molecule has 0 aromatic heterocycles. The van der Waals surface area contributed by atoms with Crippen molar-refractivity contribution in [1.29, 1.82) is 0 Å². The second-order valence-electron chi connectivity index (χ2n) is 7.57. The van der Waals surface area contributed by atoms with E-state index < -0.39 is 0 Å². The third-order valence-electron chi connectivity index (χ3n) is 5.33. The van der Waals surface area contributed by atoms with Gasteiger partial charge in [0.1, 0.15) is 0 Å². The SMILES string of the molecule is CCCCCCCCc1ccccc1/C=C\N(c1ccccc1)c1ccccc1. The van der Waals surface area contributed by atoms with E-state index in [1.165, 1.54) is 61.0 Å². The normalized spacial score (nSPS) is 11.1. The fourth-order valence-corrected chi connectivity index (χ4v) is 3.67. The van der Waals surface area contributed by atoms with Crippen LogP contribution in [0.5, 0.6) is 0 Å². The lowest BCUT2D eigenvalue weighted by Crippen LogP contribution is -2.08. The summed E-state index contributed by atoms with van der Waals surface area (Å²) in [5, 5.41) is 0. The molecule has 0 amide bonds. The third kappa shape index (κ3) is 6.64. The van der Waals surface area contributed by atoms with Crippen molar-refractivity contribution in [3.05, 3.63) is 102 Å². The maximum atomic E-state index is 2.28. The molecule has 0 unspecified atom stereocenters. The van der Waals surface area contributed by atoms with Crippen molar-refractivity contribution in [2.45, 2.75) is 51.9 Å². The number of para-hydroxylation sites is 2. The first-order valence-corrected chi connectivity index (χ1v) is 11.0. The number of unbranched alkanes of at least 4 members (excludes halogenated alkanes) is 5. The first-order chi connectivity index (χ1) is 14.4. The molecule has 0 aliphatic rings. The van der Waals surface area contributed by atoms with Crippen molar-refractivity contribution < 1.29 is 0 Å². The molecule has 0 saturated carbocycles. The van der Waals surface area contributed by atoms with E-state index in [0.717, 1.165) is 6.42 Å². The number of hydrogen-bond acceptors (Lipinski definition) is 1. The van der Waals surface area contributed by atoms with Crippen molar-refractivity contribution in [1.82, 2.24) is 0 Å². The second kappa shape index (κ2) is 11.9. The molecule has 29 heavy (non-hydrogen) atoms. The Balaban J connectivity index is 1.73. The van der Waals surface area contributed by atoms with Crippen LogP contribution < -0.4 is 4.90 Å². The Kier molecular flexibility index (Phi) is 8.59. The average Bonchev–Trinajstić information content (AvgIpc) is 2.78. The zero-order valence-electron chi connectivity index (χ0n) is 17.6. The van der Waals surface area contributed by atoms with Crippen molar-refractivity contribution >= 4 is 17.5 Å². The summed E-state index contributed by atoms with van der Waals surface area (Å²) in [6.45, 7) is 2.27. The molecular formula is C28H33N. The molecular weight excluding hydrogens is 350 g/mol. The van der Waals surface area contributed by atoms with Crippen LogP contribution in [0.3, 0.4) is 0 Å². The van der Waals surface area contributed by atoms with Crippen LogP contribution in [0.2, 0.25) is 0 Å². The van der Waals surface area contributed by atoms with Crippen LogP contribution in [0.4, 0.5) is 11.4 Å². The lowest BCUT2D eigenvalue weighted by Gasteiger charge is -2.21. The van der Waals surface area contributed by atoms with Crippen LogP contribution >= 0.6 is 0 Å². The number of hydrogen-bond donors (Lipinski definition) is 0. The Morgan fingerprint density at radius 1 is 0.621 bits per heavy atom. The summed E-state index contributed by atoms with van der Waals surface area (Å²) in [5.74, 6) is 0. The number of benzene rings is 3. The van der Waals surface area contributed by atoms with Gasteiger partial charge in [0.05, 0.1) is 0 Å². The summed E-state index contributed by atoms with van der Waals surface area (Å²) in [7, 11) is 0. The van der Waals surface area contributed by atoms with Gasteiger partial charge in [-0.25, -0.2) is 0 Å². The van der Waals surface area contributed by atoms with Crippen molar-refractivity contribution in [3.63, 3.8) is 0 Å².